The summed E-state index contributed by atoms with van der Waals surface area (Å²) >= 11 is 0. The summed E-state index contributed by atoms with van der Waals surface area (Å²) in [4.78, 5) is 4.34. The van der Waals surface area contributed by atoms with Crippen LogP contribution in [0.15, 0.2) is 18.3 Å². The minimum absolute atomic E-state index is 0.159. The van der Waals surface area contributed by atoms with Crippen LogP contribution in [0.4, 0.5) is 0 Å². The van der Waals surface area contributed by atoms with Crippen LogP contribution in [0.2, 0.25) is 0 Å². The number of nitrogens with zero attached hydrogens (tertiary/aromatic N) is 2. The lowest BCUT2D eigenvalue weighted by atomic mass is 10.1. The molecule has 2 heterocycles. The highest BCUT2D eigenvalue weighted by Crippen LogP contribution is 2.21. The summed E-state index contributed by atoms with van der Waals surface area (Å²) in [6.07, 6.45) is 3.98. The maximum Gasteiger partial charge on any atom is 0.280 e. The van der Waals surface area contributed by atoms with E-state index in [1.807, 2.05) is 26.0 Å². The predicted molar refractivity (Wildman–Crippen MR) is 85.7 cm³/mol. The van der Waals surface area contributed by atoms with E-state index >= 15 is 0 Å². The van der Waals surface area contributed by atoms with E-state index in [9.17, 15) is 8.42 Å². The molecule has 22 heavy (non-hydrogen) atoms. The minimum atomic E-state index is -3.50. The number of piperidine rings is 1. The molecule has 1 aliphatic rings. The van der Waals surface area contributed by atoms with Crippen molar-refractivity contribution < 1.29 is 13.2 Å². The van der Waals surface area contributed by atoms with Crippen LogP contribution in [-0.2, 0) is 14.9 Å². The van der Waals surface area contributed by atoms with Crippen molar-refractivity contribution in [1.82, 2.24) is 14.0 Å². The van der Waals surface area contributed by atoms with Crippen molar-refractivity contribution in [2.45, 2.75) is 45.3 Å². The van der Waals surface area contributed by atoms with E-state index in [-0.39, 0.29) is 12.1 Å². The quantitative estimate of drug-likeness (QED) is 0.864. The average molecular weight is 327 g/mol. The van der Waals surface area contributed by atoms with Crippen LogP contribution in [0, 0.1) is 6.92 Å². The second-order valence-electron chi connectivity index (χ2n) is 5.62. The molecule has 0 unspecified atom stereocenters. The molecule has 124 valence electrons. The Hall–Kier alpha value is -1.02. The maximum atomic E-state index is 12.6. The first kappa shape index (κ1) is 17.3. The molecule has 0 spiro atoms. The first-order valence-corrected chi connectivity index (χ1v) is 9.13. The fraction of sp³-hybridized carbons (Fsp3) is 0.667. The molecule has 1 N–H and O–H groups in total. The number of hydrogen-bond donors (Lipinski definition) is 1. The van der Waals surface area contributed by atoms with E-state index in [2.05, 4.69) is 9.71 Å². The Morgan fingerprint density at radius 3 is 2.68 bits per heavy atom. The van der Waals surface area contributed by atoms with Gasteiger partial charge >= 0.3 is 0 Å². The predicted octanol–water partition coefficient (Wildman–Crippen LogP) is 1.79. The first-order valence-electron chi connectivity index (χ1n) is 7.69. The third-order valence-electron chi connectivity index (χ3n) is 4.15. The van der Waals surface area contributed by atoms with Crippen molar-refractivity contribution in [3.63, 3.8) is 0 Å². The van der Waals surface area contributed by atoms with Gasteiger partial charge in [-0.05, 0) is 37.8 Å². The lowest BCUT2D eigenvalue weighted by Gasteiger charge is -2.31. The molecule has 1 atom stereocenters. The molecule has 6 nitrogen and oxygen atoms in total. The molecular weight excluding hydrogens is 302 g/mol. The van der Waals surface area contributed by atoms with Gasteiger partial charge in [0, 0.05) is 26.4 Å². The Morgan fingerprint density at radius 1 is 1.45 bits per heavy atom. The van der Waals surface area contributed by atoms with Gasteiger partial charge in [0.25, 0.3) is 10.2 Å². The number of pyridine rings is 1. The molecule has 0 radical (unpaired) electrons. The van der Waals surface area contributed by atoms with E-state index in [4.69, 9.17) is 4.74 Å². The van der Waals surface area contributed by atoms with Crippen molar-refractivity contribution in [3.8, 4) is 0 Å². The van der Waals surface area contributed by atoms with Crippen LogP contribution in [0.1, 0.15) is 43.5 Å². The number of nitrogens with one attached hydrogen (secondary N) is 1. The van der Waals surface area contributed by atoms with Crippen LogP contribution in [0.25, 0.3) is 0 Å². The molecule has 1 aromatic heterocycles. The van der Waals surface area contributed by atoms with Gasteiger partial charge in [0.15, 0.2) is 0 Å². The molecule has 1 fully saturated rings. The molecular formula is C15H25N3O3S. The minimum Gasteiger partial charge on any atom is -0.381 e. The van der Waals surface area contributed by atoms with Gasteiger partial charge in [-0.25, -0.2) is 0 Å². The zero-order valence-corrected chi connectivity index (χ0v) is 14.3. The summed E-state index contributed by atoms with van der Waals surface area (Å²) in [5.41, 5.74) is 1.79. The summed E-state index contributed by atoms with van der Waals surface area (Å²) in [5, 5.41) is 0. The molecule has 1 aliphatic heterocycles. The lowest BCUT2D eigenvalue weighted by molar-refractivity contribution is 0.0601. The molecule has 0 bridgehead atoms. The van der Waals surface area contributed by atoms with Gasteiger partial charge in [0.1, 0.15) is 0 Å². The molecule has 2 rings (SSSR count). The zero-order chi connectivity index (χ0) is 16.2. The summed E-state index contributed by atoms with van der Waals surface area (Å²) in [6.45, 7) is 4.89. The standard InChI is InChI=1S/C15H25N3O3S/c1-4-14(15-12(2)6-5-9-16-15)17-22(19,20)18-10-7-13(21-3)8-11-18/h5-6,9,13-14,17H,4,7-8,10-11H2,1-3H3/t14-/m1/s1. The van der Waals surface area contributed by atoms with Crippen molar-refractivity contribution >= 4 is 10.2 Å². The summed E-state index contributed by atoms with van der Waals surface area (Å²) in [7, 11) is -1.83. The highest BCUT2D eigenvalue weighted by Gasteiger charge is 2.30. The van der Waals surface area contributed by atoms with Gasteiger partial charge in [0.05, 0.1) is 17.8 Å². The van der Waals surface area contributed by atoms with E-state index < -0.39 is 10.2 Å². The SMILES string of the molecule is CC[C@@H](NS(=O)(=O)N1CCC(OC)CC1)c1ncccc1C. The number of aryl methyl sites for hydroxylation is 1. The van der Waals surface area contributed by atoms with Gasteiger partial charge < -0.3 is 4.74 Å². The first-order chi connectivity index (χ1) is 10.5. The Morgan fingerprint density at radius 2 is 2.14 bits per heavy atom. The molecule has 0 amide bonds. The zero-order valence-electron chi connectivity index (χ0n) is 13.4. The van der Waals surface area contributed by atoms with Crippen molar-refractivity contribution in [2.24, 2.45) is 0 Å². The molecule has 0 aliphatic carbocycles. The van der Waals surface area contributed by atoms with Crippen LogP contribution >= 0.6 is 0 Å². The Bertz CT molecular complexity index is 583. The van der Waals surface area contributed by atoms with Crippen LogP contribution in [0.5, 0.6) is 0 Å². The molecule has 0 aromatic carbocycles. The van der Waals surface area contributed by atoms with Gasteiger partial charge in [-0.2, -0.15) is 17.4 Å². The smallest absolute Gasteiger partial charge is 0.280 e. The Labute approximate surface area is 133 Å². The van der Waals surface area contributed by atoms with Crippen molar-refractivity contribution in [3.05, 3.63) is 29.6 Å². The fourth-order valence-electron chi connectivity index (χ4n) is 2.76. The second-order valence-corrected chi connectivity index (χ2v) is 7.33. The number of aromatic nitrogens is 1. The van der Waals surface area contributed by atoms with Gasteiger partial charge in [-0.3, -0.25) is 4.98 Å². The van der Waals surface area contributed by atoms with Gasteiger partial charge in [0.2, 0.25) is 0 Å². The highest BCUT2D eigenvalue weighted by atomic mass is 32.2. The highest BCUT2D eigenvalue weighted by molar-refractivity contribution is 7.87. The average Bonchev–Trinajstić information content (AvgIpc) is 2.53. The summed E-state index contributed by atoms with van der Waals surface area (Å²) in [5.74, 6) is 0. The molecule has 1 aromatic rings. The Kier molecular flexibility index (Phi) is 5.91. The summed E-state index contributed by atoms with van der Waals surface area (Å²) < 4.78 is 34.8. The van der Waals surface area contributed by atoms with Crippen LogP contribution in [-0.4, -0.2) is 44.0 Å². The van der Waals surface area contributed by atoms with Crippen molar-refractivity contribution in [2.75, 3.05) is 20.2 Å². The largest absolute Gasteiger partial charge is 0.381 e. The second kappa shape index (κ2) is 7.50. The monoisotopic (exact) mass is 327 g/mol. The number of methoxy groups -OCH3 is 1. The van der Waals surface area contributed by atoms with Crippen molar-refractivity contribution in [1.29, 1.82) is 0 Å². The molecule has 1 saturated heterocycles. The maximum absolute atomic E-state index is 12.6. The number of ether oxygens (including phenoxy) is 1. The molecule has 0 saturated carbocycles. The third kappa shape index (κ3) is 4.04. The van der Waals surface area contributed by atoms with E-state index in [1.165, 1.54) is 4.31 Å². The number of hydrogen-bond acceptors (Lipinski definition) is 4. The topological polar surface area (TPSA) is 71.5 Å². The normalized spacial score (nSPS) is 19.2. The van der Waals surface area contributed by atoms with E-state index in [0.29, 0.717) is 19.5 Å². The fourth-order valence-corrected chi connectivity index (χ4v) is 4.24. The third-order valence-corrected chi connectivity index (χ3v) is 5.78. The Balaban J connectivity index is 2.08. The van der Waals surface area contributed by atoms with Crippen LogP contribution < -0.4 is 4.72 Å². The van der Waals surface area contributed by atoms with Gasteiger partial charge in [-0.15, -0.1) is 0 Å². The van der Waals surface area contributed by atoms with E-state index in [0.717, 1.165) is 24.1 Å². The van der Waals surface area contributed by atoms with Crippen LogP contribution in [0.3, 0.4) is 0 Å². The molecule has 7 heteroatoms. The lowest BCUT2D eigenvalue weighted by Crippen LogP contribution is -2.47. The van der Waals surface area contributed by atoms with E-state index in [1.54, 1.807) is 13.3 Å². The summed E-state index contributed by atoms with van der Waals surface area (Å²) in [6, 6.07) is 3.50. The van der Waals surface area contributed by atoms with Gasteiger partial charge in [-0.1, -0.05) is 13.0 Å². The number of rotatable bonds is 6.